The molecule has 1 aromatic heterocycles. The Kier molecular flexibility index (Phi) is 5.22. The van der Waals surface area contributed by atoms with Gasteiger partial charge >= 0.3 is 0 Å². The predicted molar refractivity (Wildman–Crippen MR) is 87.9 cm³/mol. The Bertz CT molecular complexity index is 707. The molecule has 0 radical (unpaired) electrons. The molecule has 1 aliphatic heterocycles. The lowest BCUT2D eigenvalue weighted by atomic mass is 10.1. The molecule has 24 heavy (non-hydrogen) atoms. The van der Waals surface area contributed by atoms with Crippen molar-refractivity contribution in [2.75, 3.05) is 19.8 Å². The second kappa shape index (κ2) is 7.74. The van der Waals surface area contributed by atoms with Crippen molar-refractivity contribution in [3.05, 3.63) is 54.1 Å². The van der Waals surface area contributed by atoms with Crippen molar-refractivity contribution >= 4 is 5.91 Å². The fourth-order valence-electron chi connectivity index (χ4n) is 2.50. The summed E-state index contributed by atoms with van der Waals surface area (Å²) in [5.41, 5.74) is 0.475. The average molecular weight is 328 g/mol. The van der Waals surface area contributed by atoms with E-state index < -0.39 is 0 Å². The van der Waals surface area contributed by atoms with Crippen LogP contribution >= 0.6 is 0 Å². The molecule has 3 rings (SSSR count). The highest BCUT2D eigenvalue weighted by Crippen LogP contribution is 2.22. The first kappa shape index (κ1) is 16.2. The third-order valence-corrected chi connectivity index (χ3v) is 3.75. The molecule has 0 aliphatic carbocycles. The van der Waals surface area contributed by atoms with E-state index in [0.29, 0.717) is 30.4 Å². The maximum Gasteiger partial charge on any atom is 0.255 e. The summed E-state index contributed by atoms with van der Waals surface area (Å²) in [6, 6.07) is 7.09. The van der Waals surface area contributed by atoms with Crippen molar-refractivity contribution in [3.63, 3.8) is 0 Å². The molecule has 1 fully saturated rings. The van der Waals surface area contributed by atoms with Crippen LogP contribution in [0.25, 0.3) is 0 Å². The minimum atomic E-state index is -0.225. The van der Waals surface area contributed by atoms with Crippen LogP contribution < -0.4 is 10.1 Å². The van der Waals surface area contributed by atoms with E-state index in [1.54, 1.807) is 24.3 Å². The topological polar surface area (TPSA) is 89.1 Å². The molecule has 1 amide bonds. The molecule has 1 aromatic carbocycles. The van der Waals surface area contributed by atoms with Gasteiger partial charge in [-0.25, -0.2) is 4.98 Å². The van der Waals surface area contributed by atoms with E-state index in [1.807, 2.05) is 6.07 Å². The molecule has 2 N–H and O–H groups in total. The van der Waals surface area contributed by atoms with Gasteiger partial charge in [0.1, 0.15) is 18.2 Å². The quantitative estimate of drug-likeness (QED) is 0.757. The molecule has 2 heterocycles. The lowest BCUT2D eigenvalue weighted by Gasteiger charge is -2.09. The number of amides is 1. The molecule has 1 unspecified atom stereocenters. The lowest BCUT2D eigenvalue weighted by Crippen LogP contribution is -2.24. The van der Waals surface area contributed by atoms with E-state index in [0.717, 1.165) is 18.9 Å². The zero-order valence-electron chi connectivity index (χ0n) is 13.3. The van der Waals surface area contributed by atoms with Crippen LogP contribution in [0.3, 0.4) is 0 Å². The molecule has 126 valence electrons. The molecule has 0 saturated carbocycles. The summed E-state index contributed by atoms with van der Waals surface area (Å²) < 4.78 is 10.8. The highest BCUT2D eigenvalue weighted by Gasteiger charge is 2.22. The van der Waals surface area contributed by atoms with Crippen LogP contribution in [0.4, 0.5) is 0 Å². The third-order valence-electron chi connectivity index (χ3n) is 3.75. The van der Waals surface area contributed by atoms with E-state index in [2.05, 4.69) is 27.1 Å². The second-order valence-electron chi connectivity index (χ2n) is 5.48. The number of nitrogens with one attached hydrogen (secondary N) is 2. The van der Waals surface area contributed by atoms with Gasteiger partial charge in [0.2, 0.25) is 0 Å². The van der Waals surface area contributed by atoms with E-state index >= 15 is 0 Å². The van der Waals surface area contributed by atoms with Gasteiger partial charge in [-0.1, -0.05) is 24.8 Å². The highest BCUT2D eigenvalue weighted by atomic mass is 16.5. The highest BCUT2D eigenvalue weighted by molar-refractivity contribution is 5.96. The fourth-order valence-corrected chi connectivity index (χ4v) is 2.50. The van der Waals surface area contributed by atoms with Gasteiger partial charge in [-0.05, 0) is 18.6 Å². The largest absolute Gasteiger partial charge is 0.489 e. The van der Waals surface area contributed by atoms with Crippen molar-refractivity contribution in [1.29, 1.82) is 0 Å². The van der Waals surface area contributed by atoms with E-state index in [1.165, 1.54) is 0 Å². The molecule has 1 aliphatic rings. The number of para-hydroxylation sites is 1. The minimum absolute atomic E-state index is 0.225. The van der Waals surface area contributed by atoms with E-state index in [9.17, 15) is 4.79 Å². The number of hydrogen-bond donors (Lipinski definition) is 2. The summed E-state index contributed by atoms with van der Waals surface area (Å²) in [5, 5.41) is 9.89. The Morgan fingerprint density at radius 1 is 1.50 bits per heavy atom. The summed E-state index contributed by atoms with van der Waals surface area (Å²) in [6.07, 6.45) is 2.56. The SMILES string of the molecule is C=CCOc1ccccc1C(=O)NCc1nc(C2CCOC2)n[nH]1. The second-order valence-corrected chi connectivity index (χ2v) is 5.48. The maximum atomic E-state index is 12.4. The Labute approximate surface area is 140 Å². The van der Waals surface area contributed by atoms with Crippen molar-refractivity contribution in [3.8, 4) is 5.75 Å². The molecular weight excluding hydrogens is 308 g/mol. The lowest BCUT2D eigenvalue weighted by molar-refractivity contribution is 0.0946. The number of carbonyl (C=O) groups is 1. The normalized spacial score (nSPS) is 16.8. The van der Waals surface area contributed by atoms with Crippen LogP contribution in [-0.4, -0.2) is 40.9 Å². The first-order valence-electron chi connectivity index (χ1n) is 7.87. The molecule has 0 spiro atoms. The first-order chi connectivity index (χ1) is 11.8. The van der Waals surface area contributed by atoms with Crippen LogP contribution in [0.2, 0.25) is 0 Å². The van der Waals surface area contributed by atoms with E-state index in [4.69, 9.17) is 9.47 Å². The smallest absolute Gasteiger partial charge is 0.255 e. The number of rotatable bonds is 7. The zero-order valence-corrected chi connectivity index (χ0v) is 13.3. The standard InChI is InChI=1S/C17H20N4O3/c1-2-8-24-14-6-4-3-5-13(14)17(22)18-10-15-19-16(21-20-15)12-7-9-23-11-12/h2-6,12H,1,7-11H2,(H,18,22)(H,19,20,21). The summed E-state index contributed by atoms with van der Waals surface area (Å²) in [7, 11) is 0. The summed E-state index contributed by atoms with van der Waals surface area (Å²) in [5.74, 6) is 1.90. The number of H-pyrrole nitrogens is 1. The summed E-state index contributed by atoms with van der Waals surface area (Å²) >= 11 is 0. The number of hydrogen-bond acceptors (Lipinski definition) is 5. The van der Waals surface area contributed by atoms with Crippen molar-refractivity contribution < 1.29 is 14.3 Å². The Morgan fingerprint density at radius 2 is 2.38 bits per heavy atom. The zero-order chi connectivity index (χ0) is 16.8. The maximum absolute atomic E-state index is 12.4. The Balaban J connectivity index is 1.60. The van der Waals surface area contributed by atoms with Gasteiger partial charge in [0.25, 0.3) is 5.91 Å². The van der Waals surface area contributed by atoms with Crippen molar-refractivity contribution in [2.45, 2.75) is 18.9 Å². The number of aromatic amines is 1. The van der Waals surface area contributed by atoms with Crippen LogP contribution in [0, 0.1) is 0 Å². The molecule has 1 atom stereocenters. The Hall–Kier alpha value is -2.67. The van der Waals surface area contributed by atoms with Crippen molar-refractivity contribution in [2.24, 2.45) is 0 Å². The van der Waals surface area contributed by atoms with Crippen molar-refractivity contribution in [1.82, 2.24) is 20.5 Å². The predicted octanol–water partition coefficient (Wildman–Crippen LogP) is 1.80. The molecule has 7 nitrogen and oxygen atoms in total. The first-order valence-corrected chi connectivity index (χ1v) is 7.87. The third kappa shape index (κ3) is 3.80. The minimum Gasteiger partial charge on any atom is -0.489 e. The number of benzene rings is 1. The number of aromatic nitrogens is 3. The van der Waals surface area contributed by atoms with Crippen LogP contribution in [0.15, 0.2) is 36.9 Å². The van der Waals surface area contributed by atoms with Gasteiger partial charge in [0, 0.05) is 12.5 Å². The summed E-state index contributed by atoms with van der Waals surface area (Å²) in [6.45, 7) is 5.62. The van der Waals surface area contributed by atoms with E-state index in [-0.39, 0.29) is 18.4 Å². The van der Waals surface area contributed by atoms with Gasteiger partial charge in [0.15, 0.2) is 5.82 Å². The average Bonchev–Trinajstić information content (AvgIpc) is 3.29. The molecule has 2 aromatic rings. The van der Waals surface area contributed by atoms with Crippen LogP contribution in [0.1, 0.15) is 34.3 Å². The molecule has 1 saturated heterocycles. The van der Waals surface area contributed by atoms with Gasteiger partial charge < -0.3 is 14.8 Å². The van der Waals surface area contributed by atoms with Gasteiger partial charge in [-0.15, -0.1) is 0 Å². The monoisotopic (exact) mass is 328 g/mol. The molecule has 0 bridgehead atoms. The number of nitrogens with zero attached hydrogens (tertiary/aromatic N) is 2. The van der Waals surface area contributed by atoms with Gasteiger partial charge in [0.05, 0.1) is 18.7 Å². The van der Waals surface area contributed by atoms with Gasteiger partial charge in [-0.3, -0.25) is 9.89 Å². The fraction of sp³-hybridized carbons (Fsp3) is 0.353. The van der Waals surface area contributed by atoms with Gasteiger partial charge in [-0.2, -0.15) is 5.10 Å². The number of carbonyl (C=O) groups excluding carboxylic acids is 1. The molecular formula is C17H20N4O3. The molecule has 7 heteroatoms. The summed E-state index contributed by atoms with van der Waals surface area (Å²) in [4.78, 5) is 16.8. The van der Waals surface area contributed by atoms with Crippen LogP contribution in [0.5, 0.6) is 5.75 Å². The van der Waals surface area contributed by atoms with Crippen LogP contribution in [-0.2, 0) is 11.3 Å². The number of ether oxygens (including phenoxy) is 2. The Morgan fingerprint density at radius 3 is 3.17 bits per heavy atom.